The number of pyridine rings is 1. The Hall–Kier alpha value is -2.62. The quantitative estimate of drug-likeness (QED) is 0.594. The zero-order chi connectivity index (χ0) is 20.9. The number of halogens is 2. The summed E-state index contributed by atoms with van der Waals surface area (Å²) in [5.74, 6) is 0.119. The summed E-state index contributed by atoms with van der Waals surface area (Å²) in [5.41, 5.74) is 2.92. The van der Waals surface area contributed by atoms with Crippen LogP contribution in [0, 0.1) is 5.82 Å². The van der Waals surface area contributed by atoms with Crippen molar-refractivity contribution >= 4 is 39.8 Å². The number of piperidine rings is 1. The first kappa shape index (κ1) is 20.6. The Morgan fingerprint density at radius 2 is 2.23 bits per heavy atom. The average Bonchev–Trinajstić information content (AvgIpc) is 3.24. The highest BCUT2D eigenvalue weighted by atomic mass is 35.5. The first-order chi connectivity index (χ1) is 14.6. The van der Waals surface area contributed by atoms with Crippen LogP contribution in [0.1, 0.15) is 28.8 Å². The van der Waals surface area contributed by atoms with Crippen LogP contribution in [0.2, 0.25) is 5.02 Å². The fourth-order valence-corrected chi connectivity index (χ4v) is 4.09. The molecule has 1 fully saturated rings. The zero-order valence-electron chi connectivity index (χ0n) is 16.0. The molecule has 1 aliphatic rings. The summed E-state index contributed by atoms with van der Waals surface area (Å²) in [5, 5.41) is 14.5. The van der Waals surface area contributed by atoms with Crippen molar-refractivity contribution in [2.24, 2.45) is 0 Å². The van der Waals surface area contributed by atoms with E-state index in [0.29, 0.717) is 28.1 Å². The Bertz CT molecular complexity index is 1000. The highest BCUT2D eigenvalue weighted by molar-refractivity contribution is 7.13. The molecule has 1 unspecified atom stereocenters. The molecule has 4 rings (SSSR count). The average molecular weight is 447 g/mol. The summed E-state index contributed by atoms with van der Waals surface area (Å²) in [6, 6.07) is 8.28. The molecule has 30 heavy (non-hydrogen) atoms. The lowest BCUT2D eigenvalue weighted by Gasteiger charge is -2.33. The highest BCUT2D eigenvalue weighted by Crippen LogP contribution is 2.22. The van der Waals surface area contributed by atoms with Gasteiger partial charge in [0.2, 0.25) is 5.13 Å². The van der Waals surface area contributed by atoms with Crippen molar-refractivity contribution in [3.63, 3.8) is 0 Å². The Kier molecular flexibility index (Phi) is 6.51. The van der Waals surface area contributed by atoms with Crippen molar-refractivity contribution in [3.8, 4) is 0 Å². The fourth-order valence-electron chi connectivity index (χ4n) is 3.43. The van der Waals surface area contributed by atoms with E-state index in [0.717, 1.165) is 31.5 Å². The van der Waals surface area contributed by atoms with E-state index in [2.05, 4.69) is 30.7 Å². The van der Waals surface area contributed by atoms with Crippen molar-refractivity contribution in [2.75, 3.05) is 23.7 Å². The maximum absolute atomic E-state index is 13.3. The van der Waals surface area contributed by atoms with E-state index < -0.39 is 0 Å². The van der Waals surface area contributed by atoms with Crippen LogP contribution in [0.15, 0.2) is 42.0 Å². The number of benzene rings is 1. The van der Waals surface area contributed by atoms with Gasteiger partial charge >= 0.3 is 0 Å². The molecular formula is C20H20ClFN6OS. The second-order valence-electron chi connectivity index (χ2n) is 7.08. The van der Waals surface area contributed by atoms with Crippen LogP contribution in [0.4, 0.5) is 15.3 Å². The molecule has 3 aromatic rings. The van der Waals surface area contributed by atoms with Crippen LogP contribution in [0.25, 0.3) is 0 Å². The molecule has 0 radical (unpaired) electrons. The van der Waals surface area contributed by atoms with E-state index in [1.165, 1.54) is 29.7 Å². The molecule has 0 bridgehead atoms. The van der Waals surface area contributed by atoms with Crippen LogP contribution < -0.4 is 10.6 Å². The van der Waals surface area contributed by atoms with Gasteiger partial charge in [-0.3, -0.25) is 15.0 Å². The van der Waals surface area contributed by atoms with E-state index in [-0.39, 0.29) is 17.8 Å². The lowest BCUT2D eigenvalue weighted by atomic mass is 10.0. The van der Waals surface area contributed by atoms with Gasteiger partial charge in [-0.2, -0.15) is 0 Å². The number of aromatic nitrogens is 3. The zero-order valence-corrected chi connectivity index (χ0v) is 17.6. The molecule has 2 N–H and O–H groups in total. The van der Waals surface area contributed by atoms with E-state index >= 15 is 0 Å². The number of anilines is 2. The summed E-state index contributed by atoms with van der Waals surface area (Å²) in [6.07, 6.45) is 3.60. The van der Waals surface area contributed by atoms with Gasteiger partial charge in [-0.1, -0.05) is 29.0 Å². The van der Waals surface area contributed by atoms with E-state index in [9.17, 15) is 9.18 Å². The van der Waals surface area contributed by atoms with Gasteiger partial charge in [0.25, 0.3) is 5.91 Å². The molecule has 3 heterocycles. The smallest absolute Gasteiger partial charge is 0.259 e. The van der Waals surface area contributed by atoms with Crippen LogP contribution in [-0.4, -0.2) is 45.1 Å². The molecule has 10 heteroatoms. The molecule has 1 aliphatic heterocycles. The maximum atomic E-state index is 13.3. The molecule has 1 aromatic carbocycles. The summed E-state index contributed by atoms with van der Waals surface area (Å²) < 4.78 is 13.3. The van der Waals surface area contributed by atoms with E-state index in [1.54, 1.807) is 23.7 Å². The monoisotopic (exact) mass is 446 g/mol. The normalized spacial score (nSPS) is 16.9. The SMILES string of the molecule is O=C(Nc1nncs1)c1ccc(NC2CCCN(Cc3ccc(F)cc3Cl)C2)nc1. The standard InChI is InChI=1S/C20H20ClFN6OS/c21-17-8-15(22)5-3-14(17)10-28-7-1-2-16(11-28)25-18-6-4-13(9-23-18)19(29)26-20-27-24-12-30-20/h3-6,8-9,12,16H,1-2,7,10-11H2,(H,23,25)(H,26,27,29). The van der Waals surface area contributed by atoms with Crippen molar-refractivity contribution < 1.29 is 9.18 Å². The third-order valence-electron chi connectivity index (χ3n) is 4.87. The molecule has 0 spiro atoms. The molecule has 0 saturated carbocycles. The van der Waals surface area contributed by atoms with Gasteiger partial charge in [0.15, 0.2) is 0 Å². The van der Waals surface area contributed by atoms with Crippen molar-refractivity contribution in [3.05, 3.63) is 64.0 Å². The van der Waals surface area contributed by atoms with Crippen LogP contribution >= 0.6 is 22.9 Å². The Morgan fingerprint density at radius 3 is 2.97 bits per heavy atom. The predicted octanol–water partition coefficient (Wildman–Crippen LogP) is 4.05. The molecular weight excluding hydrogens is 427 g/mol. The number of hydrogen-bond acceptors (Lipinski definition) is 7. The van der Waals surface area contributed by atoms with E-state index in [4.69, 9.17) is 11.6 Å². The Balaban J connectivity index is 1.33. The number of nitrogens with one attached hydrogen (secondary N) is 2. The Labute approximate surface area is 182 Å². The summed E-state index contributed by atoms with van der Waals surface area (Å²) in [6.45, 7) is 2.47. The molecule has 0 aliphatic carbocycles. The topological polar surface area (TPSA) is 83.0 Å². The minimum atomic E-state index is -0.326. The number of carbonyl (C=O) groups is 1. The number of nitrogens with zero attached hydrogens (tertiary/aromatic N) is 4. The minimum Gasteiger partial charge on any atom is -0.366 e. The van der Waals surface area contributed by atoms with Gasteiger partial charge in [-0.25, -0.2) is 9.37 Å². The summed E-state index contributed by atoms with van der Waals surface area (Å²) >= 11 is 7.42. The third kappa shape index (κ3) is 5.29. The molecule has 7 nitrogen and oxygen atoms in total. The molecule has 156 valence electrons. The van der Waals surface area contributed by atoms with Crippen LogP contribution in [0.5, 0.6) is 0 Å². The van der Waals surface area contributed by atoms with E-state index in [1.807, 2.05) is 0 Å². The number of hydrogen-bond donors (Lipinski definition) is 2. The number of carbonyl (C=O) groups excluding carboxylic acids is 1. The molecule has 1 amide bonds. The van der Waals surface area contributed by atoms with Gasteiger partial charge in [0.1, 0.15) is 17.1 Å². The van der Waals surface area contributed by atoms with Crippen molar-refractivity contribution in [1.29, 1.82) is 0 Å². The summed E-state index contributed by atoms with van der Waals surface area (Å²) in [7, 11) is 0. The second kappa shape index (κ2) is 9.46. The number of rotatable bonds is 6. The van der Waals surface area contributed by atoms with Gasteiger partial charge in [0, 0.05) is 30.4 Å². The molecule has 1 atom stereocenters. The predicted molar refractivity (Wildman–Crippen MR) is 115 cm³/mol. The van der Waals surface area contributed by atoms with Crippen molar-refractivity contribution in [2.45, 2.75) is 25.4 Å². The highest BCUT2D eigenvalue weighted by Gasteiger charge is 2.21. The first-order valence-electron chi connectivity index (χ1n) is 9.53. The second-order valence-corrected chi connectivity index (χ2v) is 8.32. The molecule has 1 saturated heterocycles. The van der Waals surface area contributed by atoms with Gasteiger partial charge in [0.05, 0.1) is 5.56 Å². The third-order valence-corrected chi connectivity index (χ3v) is 5.83. The lowest BCUT2D eigenvalue weighted by Crippen LogP contribution is -2.41. The first-order valence-corrected chi connectivity index (χ1v) is 10.8. The largest absolute Gasteiger partial charge is 0.366 e. The van der Waals surface area contributed by atoms with Gasteiger partial charge < -0.3 is 5.32 Å². The maximum Gasteiger partial charge on any atom is 0.259 e. The van der Waals surface area contributed by atoms with Crippen LogP contribution in [-0.2, 0) is 6.54 Å². The van der Waals surface area contributed by atoms with Crippen molar-refractivity contribution in [1.82, 2.24) is 20.1 Å². The molecule has 2 aromatic heterocycles. The number of amides is 1. The van der Waals surface area contributed by atoms with Gasteiger partial charge in [-0.05, 0) is 49.2 Å². The minimum absolute atomic E-state index is 0.228. The number of likely N-dealkylation sites (tertiary alicyclic amines) is 1. The Morgan fingerprint density at radius 1 is 1.33 bits per heavy atom. The fraction of sp³-hybridized carbons (Fsp3) is 0.300. The lowest BCUT2D eigenvalue weighted by molar-refractivity contribution is 0.102. The van der Waals surface area contributed by atoms with Crippen LogP contribution in [0.3, 0.4) is 0 Å². The van der Waals surface area contributed by atoms with Gasteiger partial charge in [-0.15, -0.1) is 10.2 Å². The summed E-state index contributed by atoms with van der Waals surface area (Å²) in [4.78, 5) is 18.9.